The van der Waals surface area contributed by atoms with Crippen LogP contribution in [0.5, 0.6) is 5.75 Å². The van der Waals surface area contributed by atoms with Gasteiger partial charge in [0.15, 0.2) is 0 Å². The van der Waals surface area contributed by atoms with Gasteiger partial charge in [-0.15, -0.1) is 0 Å². The molecule has 1 heterocycles. The Morgan fingerprint density at radius 2 is 2.00 bits per heavy atom. The van der Waals surface area contributed by atoms with E-state index < -0.39 is 0 Å². The van der Waals surface area contributed by atoms with Crippen LogP contribution in [-0.4, -0.2) is 16.1 Å². The van der Waals surface area contributed by atoms with Gasteiger partial charge < -0.3 is 9.72 Å². The molecule has 0 amide bonds. The minimum Gasteiger partial charge on any atom is -0.491 e. The molecule has 1 N–H and O–H groups in total. The normalized spacial score (nSPS) is 15.9. The first-order chi connectivity index (χ1) is 9.63. The van der Waals surface area contributed by atoms with Crippen molar-refractivity contribution in [2.24, 2.45) is 0 Å². The van der Waals surface area contributed by atoms with Gasteiger partial charge in [-0.3, -0.25) is 0 Å². The molecule has 0 spiro atoms. The molecule has 4 nitrogen and oxygen atoms in total. The van der Waals surface area contributed by atoms with Crippen molar-refractivity contribution in [1.29, 1.82) is 5.26 Å². The first-order valence-corrected chi connectivity index (χ1v) is 6.87. The highest BCUT2D eigenvalue weighted by molar-refractivity contribution is 5.60. The van der Waals surface area contributed by atoms with Crippen molar-refractivity contribution in [3.8, 4) is 23.1 Å². The molecule has 0 aliphatic heterocycles. The molecule has 20 heavy (non-hydrogen) atoms. The molecule has 3 rings (SSSR count). The number of hydrogen-bond donors (Lipinski definition) is 1. The zero-order valence-electron chi connectivity index (χ0n) is 11.7. The van der Waals surface area contributed by atoms with Crippen LogP contribution in [-0.2, 0) is 5.41 Å². The average Bonchev–Trinajstić information content (AvgIpc) is 3.08. The molecule has 1 saturated carbocycles. The van der Waals surface area contributed by atoms with Gasteiger partial charge in [0.1, 0.15) is 17.0 Å². The lowest BCUT2D eigenvalue weighted by Gasteiger charge is -2.09. The first-order valence-electron chi connectivity index (χ1n) is 6.87. The van der Waals surface area contributed by atoms with Crippen LogP contribution in [0.15, 0.2) is 30.5 Å². The third kappa shape index (κ3) is 2.27. The molecule has 1 aliphatic carbocycles. The summed E-state index contributed by atoms with van der Waals surface area (Å²) < 4.78 is 5.62. The number of H-pyrrole nitrogens is 1. The highest BCUT2D eigenvalue weighted by atomic mass is 16.5. The van der Waals surface area contributed by atoms with Crippen LogP contribution in [0.1, 0.15) is 32.5 Å². The quantitative estimate of drug-likeness (QED) is 0.923. The molecule has 0 radical (unpaired) electrons. The van der Waals surface area contributed by atoms with Crippen LogP contribution in [0.2, 0.25) is 0 Å². The second-order valence-electron chi connectivity index (χ2n) is 5.53. The van der Waals surface area contributed by atoms with Gasteiger partial charge in [-0.25, -0.2) is 4.98 Å². The summed E-state index contributed by atoms with van der Waals surface area (Å²) >= 11 is 0. The maximum absolute atomic E-state index is 9.18. The predicted octanol–water partition coefficient (Wildman–Crippen LogP) is 3.42. The van der Waals surface area contributed by atoms with Gasteiger partial charge in [0.2, 0.25) is 0 Å². The smallest absolute Gasteiger partial charge is 0.127 e. The summed E-state index contributed by atoms with van der Waals surface area (Å²) in [7, 11) is 0. The van der Waals surface area contributed by atoms with Crippen LogP contribution < -0.4 is 4.74 Å². The monoisotopic (exact) mass is 267 g/mol. The van der Waals surface area contributed by atoms with Gasteiger partial charge in [-0.1, -0.05) is 0 Å². The number of rotatable bonds is 4. The van der Waals surface area contributed by atoms with E-state index in [0.29, 0.717) is 0 Å². The van der Waals surface area contributed by atoms with Crippen molar-refractivity contribution in [3.63, 3.8) is 0 Å². The lowest BCUT2D eigenvalue weighted by atomic mass is 10.1. The van der Waals surface area contributed by atoms with Gasteiger partial charge in [0.05, 0.1) is 24.1 Å². The minimum atomic E-state index is -0.362. The Balaban J connectivity index is 1.82. The molecule has 1 fully saturated rings. The molecule has 1 aromatic carbocycles. The number of benzene rings is 1. The second kappa shape index (κ2) is 4.68. The zero-order valence-corrected chi connectivity index (χ0v) is 11.7. The minimum absolute atomic E-state index is 0.171. The predicted molar refractivity (Wildman–Crippen MR) is 76.3 cm³/mol. The number of ether oxygens (including phenoxy) is 1. The topological polar surface area (TPSA) is 61.7 Å². The fourth-order valence-corrected chi connectivity index (χ4v) is 2.22. The molecule has 0 bridgehead atoms. The van der Waals surface area contributed by atoms with Gasteiger partial charge in [0, 0.05) is 0 Å². The summed E-state index contributed by atoms with van der Waals surface area (Å²) in [5.74, 6) is 1.65. The van der Waals surface area contributed by atoms with E-state index in [4.69, 9.17) is 4.74 Å². The van der Waals surface area contributed by atoms with Crippen molar-refractivity contribution >= 4 is 0 Å². The lowest BCUT2D eigenvalue weighted by Crippen LogP contribution is -2.05. The number of nitrogens with zero attached hydrogens (tertiary/aromatic N) is 2. The van der Waals surface area contributed by atoms with E-state index in [1.54, 1.807) is 6.20 Å². The Bertz CT molecular complexity index is 645. The van der Waals surface area contributed by atoms with Gasteiger partial charge >= 0.3 is 0 Å². The van der Waals surface area contributed by atoms with Crippen LogP contribution in [0.25, 0.3) is 11.3 Å². The molecular weight excluding hydrogens is 250 g/mol. The van der Waals surface area contributed by atoms with Crippen LogP contribution in [0, 0.1) is 11.3 Å². The van der Waals surface area contributed by atoms with E-state index in [-0.39, 0.29) is 11.5 Å². The number of aromatic nitrogens is 2. The Morgan fingerprint density at radius 1 is 1.30 bits per heavy atom. The first kappa shape index (κ1) is 12.7. The zero-order chi connectivity index (χ0) is 14.2. The molecule has 1 aliphatic rings. The fraction of sp³-hybridized carbons (Fsp3) is 0.375. The van der Waals surface area contributed by atoms with E-state index in [1.807, 2.05) is 38.1 Å². The molecule has 102 valence electrons. The summed E-state index contributed by atoms with van der Waals surface area (Å²) in [6, 6.07) is 10.3. The van der Waals surface area contributed by atoms with Gasteiger partial charge in [-0.2, -0.15) is 5.26 Å². The number of nitriles is 1. The van der Waals surface area contributed by atoms with E-state index in [9.17, 15) is 5.26 Å². The highest BCUT2D eigenvalue weighted by Crippen LogP contribution is 2.46. The van der Waals surface area contributed by atoms with Gasteiger partial charge in [-0.05, 0) is 56.5 Å². The second-order valence-corrected chi connectivity index (χ2v) is 5.53. The number of nitrogens with one attached hydrogen (secondary N) is 1. The van der Waals surface area contributed by atoms with Crippen LogP contribution >= 0.6 is 0 Å². The third-order valence-electron chi connectivity index (χ3n) is 3.53. The van der Waals surface area contributed by atoms with Gasteiger partial charge in [0.25, 0.3) is 0 Å². The van der Waals surface area contributed by atoms with E-state index in [2.05, 4.69) is 16.0 Å². The molecule has 0 unspecified atom stereocenters. The lowest BCUT2D eigenvalue weighted by molar-refractivity contribution is 0.242. The average molecular weight is 267 g/mol. The molecule has 2 aromatic rings. The Kier molecular flexibility index (Phi) is 2.98. The fourth-order valence-electron chi connectivity index (χ4n) is 2.22. The van der Waals surface area contributed by atoms with Crippen LogP contribution in [0.4, 0.5) is 0 Å². The number of imidazole rings is 1. The Morgan fingerprint density at radius 3 is 2.55 bits per heavy atom. The molecular formula is C16H17N3O. The summed E-state index contributed by atoms with van der Waals surface area (Å²) in [5, 5.41) is 9.18. The maximum atomic E-state index is 9.18. The van der Waals surface area contributed by atoms with Crippen molar-refractivity contribution in [3.05, 3.63) is 36.3 Å². The molecule has 4 heteroatoms. The Labute approximate surface area is 118 Å². The van der Waals surface area contributed by atoms with Crippen molar-refractivity contribution in [2.75, 3.05) is 0 Å². The van der Waals surface area contributed by atoms with E-state index in [0.717, 1.165) is 35.7 Å². The summed E-state index contributed by atoms with van der Waals surface area (Å²) in [5.41, 5.74) is 1.63. The third-order valence-corrected chi connectivity index (χ3v) is 3.53. The van der Waals surface area contributed by atoms with E-state index in [1.165, 1.54) is 0 Å². The summed E-state index contributed by atoms with van der Waals surface area (Å²) in [6.07, 6.45) is 3.77. The van der Waals surface area contributed by atoms with Crippen molar-refractivity contribution in [1.82, 2.24) is 9.97 Å². The number of hydrogen-bond acceptors (Lipinski definition) is 3. The Hall–Kier alpha value is -2.28. The van der Waals surface area contributed by atoms with Crippen LogP contribution in [0.3, 0.4) is 0 Å². The molecule has 1 aromatic heterocycles. The molecule has 0 atom stereocenters. The summed E-state index contributed by atoms with van der Waals surface area (Å²) in [4.78, 5) is 7.63. The van der Waals surface area contributed by atoms with E-state index >= 15 is 0 Å². The van der Waals surface area contributed by atoms with Crippen molar-refractivity contribution in [2.45, 2.75) is 38.2 Å². The van der Waals surface area contributed by atoms with Crippen molar-refractivity contribution < 1.29 is 4.74 Å². The summed E-state index contributed by atoms with van der Waals surface area (Å²) in [6.45, 7) is 4.01. The standard InChI is InChI=1S/C16H17N3O/c1-11(2)20-13-5-3-12(4-6-13)14-9-18-15(19-14)16(10-17)7-8-16/h3-6,9,11H,7-8H2,1-2H3,(H,18,19). The number of aromatic amines is 1. The maximum Gasteiger partial charge on any atom is 0.127 e. The molecule has 0 saturated heterocycles. The largest absolute Gasteiger partial charge is 0.491 e. The SMILES string of the molecule is CC(C)Oc1ccc(-c2cnc(C3(C#N)CC3)[nH]2)cc1. The highest BCUT2D eigenvalue weighted by Gasteiger charge is 2.47.